The Balaban J connectivity index is 1.54. The molecule has 5 heteroatoms. The normalized spacial score (nSPS) is 32.3. The molecule has 1 aliphatic carbocycles. The summed E-state index contributed by atoms with van der Waals surface area (Å²) in [5, 5.41) is 0. The highest BCUT2D eigenvalue weighted by Gasteiger charge is 2.37. The first-order valence-corrected chi connectivity index (χ1v) is 9.03. The van der Waals surface area contributed by atoms with Gasteiger partial charge in [0.1, 0.15) is 0 Å². The van der Waals surface area contributed by atoms with E-state index < -0.39 is 0 Å². The van der Waals surface area contributed by atoms with Gasteiger partial charge in [0.25, 0.3) is 0 Å². The maximum absolute atomic E-state index is 12.8. The summed E-state index contributed by atoms with van der Waals surface area (Å²) in [6.07, 6.45) is 7.57. The van der Waals surface area contributed by atoms with Crippen LogP contribution in [0.4, 0.5) is 0 Å². The highest BCUT2D eigenvalue weighted by molar-refractivity contribution is 5.78. The van der Waals surface area contributed by atoms with Crippen LogP contribution in [0.5, 0.6) is 0 Å². The van der Waals surface area contributed by atoms with Gasteiger partial charge in [-0.15, -0.1) is 0 Å². The van der Waals surface area contributed by atoms with E-state index in [4.69, 9.17) is 9.47 Å². The zero-order chi connectivity index (χ0) is 15.4. The fourth-order valence-corrected chi connectivity index (χ4v) is 4.07. The third-order valence-electron chi connectivity index (χ3n) is 5.34. The summed E-state index contributed by atoms with van der Waals surface area (Å²) in [4.78, 5) is 17.1. The van der Waals surface area contributed by atoms with Crippen molar-refractivity contribution in [3.8, 4) is 0 Å². The highest BCUT2D eigenvalue weighted by Crippen LogP contribution is 2.28. The number of amides is 1. The van der Waals surface area contributed by atoms with Gasteiger partial charge in [-0.1, -0.05) is 19.8 Å². The van der Waals surface area contributed by atoms with Crippen molar-refractivity contribution in [2.45, 2.75) is 63.7 Å². The van der Waals surface area contributed by atoms with Gasteiger partial charge in [-0.3, -0.25) is 9.69 Å². The summed E-state index contributed by atoms with van der Waals surface area (Å²) < 4.78 is 11.6. The average molecular weight is 310 g/mol. The van der Waals surface area contributed by atoms with E-state index in [0.29, 0.717) is 25.3 Å². The van der Waals surface area contributed by atoms with Crippen molar-refractivity contribution in [1.29, 1.82) is 0 Å². The molecule has 1 saturated carbocycles. The van der Waals surface area contributed by atoms with E-state index in [2.05, 4.69) is 16.7 Å². The second-order valence-electron chi connectivity index (χ2n) is 6.81. The van der Waals surface area contributed by atoms with Crippen molar-refractivity contribution >= 4 is 5.91 Å². The van der Waals surface area contributed by atoms with E-state index in [0.717, 1.165) is 51.9 Å². The van der Waals surface area contributed by atoms with Crippen LogP contribution in [0.25, 0.3) is 0 Å². The standard InChI is InChI=1S/C17H30N2O3/c1-2-18(12-14-6-5-10-21-14)13-17(20)19-9-11-22-16-8-4-3-7-15(16)19/h14-16H,2-13H2,1H3. The van der Waals surface area contributed by atoms with E-state index in [-0.39, 0.29) is 12.0 Å². The molecule has 0 aromatic carbocycles. The lowest BCUT2D eigenvalue weighted by atomic mass is 9.90. The molecule has 3 rings (SSSR count). The predicted molar refractivity (Wildman–Crippen MR) is 84.8 cm³/mol. The number of carbonyl (C=O) groups excluding carboxylic acids is 1. The van der Waals surface area contributed by atoms with Crippen molar-refractivity contribution in [1.82, 2.24) is 9.80 Å². The molecule has 1 amide bonds. The van der Waals surface area contributed by atoms with Crippen molar-refractivity contribution in [3.63, 3.8) is 0 Å². The molecule has 0 bridgehead atoms. The topological polar surface area (TPSA) is 42.0 Å². The lowest BCUT2D eigenvalue weighted by Gasteiger charge is -2.44. The molecule has 3 unspecified atom stereocenters. The van der Waals surface area contributed by atoms with Crippen molar-refractivity contribution in [3.05, 3.63) is 0 Å². The van der Waals surface area contributed by atoms with Gasteiger partial charge in [0, 0.05) is 19.7 Å². The Morgan fingerprint density at radius 1 is 1.14 bits per heavy atom. The fourth-order valence-electron chi connectivity index (χ4n) is 4.07. The zero-order valence-corrected chi connectivity index (χ0v) is 13.8. The number of nitrogens with zero attached hydrogens (tertiary/aromatic N) is 2. The number of hydrogen-bond donors (Lipinski definition) is 0. The maximum Gasteiger partial charge on any atom is 0.237 e. The van der Waals surface area contributed by atoms with Crippen LogP contribution in [0.3, 0.4) is 0 Å². The molecule has 3 atom stereocenters. The fraction of sp³-hybridized carbons (Fsp3) is 0.941. The summed E-state index contributed by atoms with van der Waals surface area (Å²) in [5.74, 6) is 0.278. The van der Waals surface area contributed by atoms with E-state index in [1.807, 2.05) is 0 Å². The van der Waals surface area contributed by atoms with Crippen molar-refractivity contribution in [2.75, 3.05) is 39.4 Å². The van der Waals surface area contributed by atoms with Gasteiger partial charge >= 0.3 is 0 Å². The molecule has 3 fully saturated rings. The van der Waals surface area contributed by atoms with Crippen molar-refractivity contribution in [2.24, 2.45) is 0 Å². The Kier molecular flexibility index (Phi) is 5.71. The van der Waals surface area contributed by atoms with Gasteiger partial charge in [0.2, 0.25) is 5.91 Å². The summed E-state index contributed by atoms with van der Waals surface area (Å²) >= 11 is 0. The number of morpholine rings is 1. The quantitative estimate of drug-likeness (QED) is 0.774. The van der Waals surface area contributed by atoms with E-state index in [1.54, 1.807) is 0 Å². The summed E-state index contributed by atoms with van der Waals surface area (Å²) in [5.41, 5.74) is 0. The van der Waals surface area contributed by atoms with Crippen molar-refractivity contribution < 1.29 is 14.3 Å². The SMILES string of the molecule is CCN(CC(=O)N1CCOC2CCCCC21)CC1CCCO1. The van der Waals surface area contributed by atoms with Crippen LogP contribution in [0.15, 0.2) is 0 Å². The minimum absolute atomic E-state index is 0.277. The first-order valence-electron chi connectivity index (χ1n) is 9.03. The molecule has 2 aliphatic heterocycles. The molecule has 0 aromatic heterocycles. The van der Waals surface area contributed by atoms with E-state index in [1.165, 1.54) is 12.8 Å². The van der Waals surface area contributed by atoms with Gasteiger partial charge in [-0.2, -0.15) is 0 Å². The molecule has 5 nitrogen and oxygen atoms in total. The van der Waals surface area contributed by atoms with Crippen LogP contribution in [0, 0.1) is 0 Å². The Morgan fingerprint density at radius 3 is 2.77 bits per heavy atom. The van der Waals surface area contributed by atoms with Crippen LogP contribution in [0.1, 0.15) is 45.4 Å². The summed E-state index contributed by atoms with van der Waals surface area (Å²) in [7, 11) is 0. The van der Waals surface area contributed by atoms with Gasteiger partial charge in [0.05, 0.1) is 31.4 Å². The van der Waals surface area contributed by atoms with Gasteiger partial charge < -0.3 is 14.4 Å². The zero-order valence-electron chi connectivity index (χ0n) is 13.8. The van der Waals surface area contributed by atoms with Gasteiger partial charge in [-0.05, 0) is 32.2 Å². The molecule has 3 aliphatic rings. The monoisotopic (exact) mass is 310 g/mol. The molecule has 0 spiro atoms. The molecular formula is C17H30N2O3. The first-order chi connectivity index (χ1) is 10.8. The molecular weight excluding hydrogens is 280 g/mol. The minimum Gasteiger partial charge on any atom is -0.377 e. The molecule has 22 heavy (non-hydrogen) atoms. The summed E-state index contributed by atoms with van der Waals surface area (Å²) in [6, 6.07) is 0.316. The molecule has 0 N–H and O–H groups in total. The van der Waals surface area contributed by atoms with Gasteiger partial charge in [-0.25, -0.2) is 0 Å². The Hall–Kier alpha value is -0.650. The smallest absolute Gasteiger partial charge is 0.237 e. The molecule has 0 aromatic rings. The number of carbonyl (C=O) groups is 1. The lowest BCUT2D eigenvalue weighted by molar-refractivity contribution is -0.150. The molecule has 0 radical (unpaired) electrons. The highest BCUT2D eigenvalue weighted by atomic mass is 16.5. The second-order valence-corrected chi connectivity index (χ2v) is 6.81. The molecule has 2 saturated heterocycles. The van der Waals surface area contributed by atoms with Crippen LogP contribution < -0.4 is 0 Å². The minimum atomic E-state index is 0.277. The number of likely N-dealkylation sites (N-methyl/N-ethyl adjacent to an activating group) is 1. The Morgan fingerprint density at radius 2 is 2.00 bits per heavy atom. The third-order valence-corrected chi connectivity index (χ3v) is 5.34. The van der Waals surface area contributed by atoms with E-state index >= 15 is 0 Å². The number of rotatable bonds is 5. The van der Waals surface area contributed by atoms with Gasteiger partial charge in [0.15, 0.2) is 0 Å². The molecule has 2 heterocycles. The largest absolute Gasteiger partial charge is 0.377 e. The lowest BCUT2D eigenvalue weighted by Crippen LogP contribution is -2.57. The first kappa shape index (κ1) is 16.2. The van der Waals surface area contributed by atoms with Crippen LogP contribution in [-0.4, -0.2) is 73.3 Å². The third kappa shape index (κ3) is 3.81. The average Bonchev–Trinajstić information content (AvgIpc) is 3.06. The maximum atomic E-state index is 12.8. The molecule has 126 valence electrons. The Labute approximate surface area is 133 Å². The van der Waals surface area contributed by atoms with Crippen LogP contribution >= 0.6 is 0 Å². The summed E-state index contributed by atoms with van der Waals surface area (Å²) in [6.45, 7) is 6.79. The second kappa shape index (κ2) is 7.75. The van der Waals surface area contributed by atoms with E-state index in [9.17, 15) is 4.79 Å². The predicted octanol–water partition coefficient (Wildman–Crippen LogP) is 1.66. The van der Waals surface area contributed by atoms with Crippen LogP contribution in [-0.2, 0) is 14.3 Å². The number of fused-ring (bicyclic) bond motifs is 1. The van der Waals surface area contributed by atoms with Crippen LogP contribution in [0.2, 0.25) is 0 Å². The number of ether oxygens (including phenoxy) is 2. The number of hydrogen-bond acceptors (Lipinski definition) is 4. The Bertz CT molecular complexity index is 369.